The zero-order chi connectivity index (χ0) is 20.6. The minimum atomic E-state index is -4.62. The Kier molecular flexibility index (Phi) is 4.58. The Morgan fingerprint density at radius 1 is 1.00 bits per heavy atom. The fourth-order valence-electron chi connectivity index (χ4n) is 3.22. The molecule has 0 saturated heterocycles. The van der Waals surface area contributed by atoms with Gasteiger partial charge in [0.05, 0.1) is 22.5 Å². The van der Waals surface area contributed by atoms with E-state index in [9.17, 15) is 18.0 Å². The van der Waals surface area contributed by atoms with Crippen LogP contribution in [-0.2, 0) is 6.18 Å². The van der Waals surface area contributed by atoms with E-state index < -0.39 is 23.2 Å². The van der Waals surface area contributed by atoms with E-state index in [1.165, 1.54) is 12.1 Å². The molecule has 0 unspecified atom stereocenters. The number of hydrogen-bond donors (Lipinski definition) is 1. The van der Waals surface area contributed by atoms with Crippen LogP contribution in [0.25, 0.3) is 16.9 Å². The number of carbonyl (C=O) groups is 1. The zero-order valence-electron chi connectivity index (χ0n) is 15.4. The summed E-state index contributed by atoms with van der Waals surface area (Å²) in [6.07, 6.45) is -0.941. The molecule has 2 aromatic heterocycles. The Morgan fingerprint density at radius 3 is 2.48 bits per heavy atom. The van der Waals surface area contributed by atoms with Crippen molar-refractivity contribution >= 4 is 17.2 Å². The first-order chi connectivity index (χ1) is 13.8. The van der Waals surface area contributed by atoms with Gasteiger partial charge in [0.25, 0.3) is 5.91 Å². The number of nitrogens with zero attached hydrogens (tertiary/aromatic N) is 2. The number of imidazole rings is 1. The summed E-state index contributed by atoms with van der Waals surface area (Å²) in [5.41, 5.74) is 1.97. The van der Waals surface area contributed by atoms with E-state index in [0.717, 1.165) is 23.3 Å². The number of para-hydroxylation sites is 1. The van der Waals surface area contributed by atoms with E-state index in [1.54, 1.807) is 24.3 Å². The number of fused-ring (bicyclic) bond motifs is 1. The largest absolute Gasteiger partial charge is 0.417 e. The predicted molar refractivity (Wildman–Crippen MR) is 105 cm³/mol. The number of aryl methyl sites for hydroxylation is 1. The molecule has 4 nitrogen and oxygen atoms in total. The molecule has 0 aliphatic carbocycles. The predicted octanol–water partition coefficient (Wildman–Crippen LogP) is 5.58. The van der Waals surface area contributed by atoms with E-state index in [1.807, 2.05) is 35.9 Å². The Hall–Kier alpha value is -3.61. The second-order valence-electron chi connectivity index (χ2n) is 6.59. The van der Waals surface area contributed by atoms with Gasteiger partial charge in [-0.1, -0.05) is 36.4 Å². The van der Waals surface area contributed by atoms with Gasteiger partial charge < -0.3 is 9.72 Å². The quantitative estimate of drug-likeness (QED) is 0.492. The van der Waals surface area contributed by atoms with Crippen LogP contribution in [0.15, 0.2) is 73.1 Å². The number of rotatable bonds is 3. The number of pyridine rings is 1. The number of carbonyl (C=O) groups excluding carboxylic acids is 1. The molecule has 29 heavy (non-hydrogen) atoms. The maximum absolute atomic E-state index is 13.3. The summed E-state index contributed by atoms with van der Waals surface area (Å²) in [7, 11) is 0. The lowest BCUT2D eigenvalue weighted by molar-refractivity contribution is -0.137. The van der Waals surface area contributed by atoms with Crippen LogP contribution in [0, 0.1) is 6.92 Å². The highest BCUT2D eigenvalue weighted by Crippen LogP contribution is 2.33. The molecule has 7 heteroatoms. The molecule has 0 bridgehead atoms. The highest BCUT2D eigenvalue weighted by Gasteiger charge is 2.34. The van der Waals surface area contributed by atoms with Crippen LogP contribution >= 0.6 is 0 Å². The lowest BCUT2D eigenvalue weighted by Crippen LogP contribution is -2.19. The molecule has 1 N–H and O–H groups in total. The van der Waals surface area contributed by atoms with Crippen LogP contribution in [0.1, 0.15) is 21.5 Å². The Morgan fingerprint density at radius 2 is 1.72 bits per heavy atom. The summed E-state index contributed by atoms with van der Waals surface area (Å²) in [6.45, 7) is 1.94. The maximum Gasteiger partial charge on any atom is 0.417 e. The number of amides is 1. The van der Waals surface area contributed by atoms with Crippen molar-refractivity contribution < 1.29 is 18.0 Å². The summed E-state index contributed by atoms with van der Waals surface area (Å²) < 4.78 is 41.6. The van der Waals surface area contributed by atoms with Gasteiger partial charge in [-0.3, -0.25) is 4.79 Å². The molecule has 1 amide bonds. The minimum absolute atomic E-state index is 0.385. The number of hydrogen-bond acceptors (Lipinski definition) is 2. The summed E-state index contributed by atoms with van der Waals surface area (Å²) >= 11 is 0. The second-order valence-corrected chi connectivity index (χ2v) is 6.59. The molecule has 0 spiro atoms. The molecule has 0 atom stereocenters. The van der Waals surface area contributed by atoms with Crippen LogP contribution in [0.3, 0.4) is 0 Å². The Labute approximate surface area is 164 Å². The third-order valence-electron chi connectivity index (χ3n) is 4.61. The molecular weight excluding hydrogens is 379 g/mol. The average molecular weight is 395 g/mol. The Bertz CT molecular complexity index is 1210. The van der Waals surface area contributed by atoms with Crippen molar-refractivity contribution in [3.05, 3.63) is 89.7 Å². The van der Waals surface area contributed by atoms with E-state index >= 15 is 0 Å². The van der Waals surface area contributed by atoms with Gasteiger partial charge >= 0.3 is 6.18 Å². The number of aromatic nitrogens is 2. The minimum Gasteiger partial charge on any atom is -0.321 e. The molecule has 0 aliphatic heterocycles. The lowest BCUT2D eigenvalue weighted by Gasteiger charge is -2.14. The SMILES string of the molecule is Cc1cccn2cc(-c3ccccc3NC(=O)c3ccccc3C(F)(F)F)nc12. The number of benzene rings is 2. The third kappa shape index (κ3) is 3.59. The average Bonchev–Trinajstić information content (AvgIpc) is 3.13. The van der Waals surface area contributed by atoms with Gasteiger partial charge in [0.2, 0.25) is 0 Å². The number of anilines is 1. The molecule has 0 radical (unpaired) electrons. The van der Waals surface area contributed by atoms with Gasteiger partial charge in [-0.05, 0) is 36.8 Å². The number of alkyl halides is 3. The summed E-state index contributed by atoms with van der Waals surface area (Å²) in [5, 5.41) is 2.61. The summed E-state index contributed by atoms with van der Waals surface area (Å²) in [6, 6.07) is 15.4. The van der Waals surface area contributed by atoms with Crippen molar-refractivity contribution in [2.75, 3.05) is 5.32 Å². The monoisotopic (exact) mass is 395 g/mol. The normalized spacial score (nSPS) is 11.6. The van der Waals surface area contributed by atoms with Gasteiger partial charge in [-0.25, -0.2) is 4.98 Å². The fourth-order valence-corrected chi connectivity index (χ4v) is 3.22. The first kappa shape index (κ1) is 18.7. The van der Waals surface area contributed by atoms with Gasteiger partial charge in [0, 0.05) is 18.0 Å². The lowest BCUT2D eigenvalue weighted by atomic mass is 10.1. The summed E-state index contributed by atoms with van der Waals surface area (Å²) in [5.74, 6) is -0.828. The van der Waals surface area contributed by atoms with Crippen molar-refractivity contribution in [1.82, 2.24) is 9.38 Å². The number of halogens is 3. The van der Waals surface area contributed by atoms with Crippen LogP contribution in [0.5, 0.6) is 0 Å². The van der Waals surface area contributed by atoms with Crippen LogP contribution in [0.2, 0.25) is 0 Å². The van der Waals surface area contributed by atoms with Crippen LogP contribution in [0.4, 0.5) is 18.9 Å². The van der Waals surface area contributed by atoms with Crippen LogP contribution < -0.4 is 5.32 Å². The molecule has 2 heterocycles. The van der Waals surface area contributed by atoms with Crippen LogP contribution in [-0.4, -0.2) is 15.3 Å². The van der Waals surface area contributed by atoms with E-state index in [0.29, 0.717) is 16.9 Å². The van der Waals surface area contributed by atoms with Gasteiger partial charge in [0.15, 0.2) is 0 Å². The van der Waals surface area contributed by atoms with Gasteiger partial charge in [-0.2, -0.15) is 13.2 Å². The van der Waals surface area contributed by atoms with E-state index in [2.05, 4.69) is 10.3 Å². The highest BCUT2D eigenvalue weighted by molar-refractivity contribution is 6.07. The molecule has 4 rings (SSSR count). The van der Waals surface area contributed by atoms with Crippen molar-refractivity contribution in [3.8, 4) is 11.3 Å². The van der Waals surface area contributed by atoms with Crippen molar-refractivity contribution in [3.63, 3.8) is 0 Å². The van der Waals surface area contributed by atoms with Gasteiger partial charge in [-0.15, -0.1) is 0 Å². The maximum atomic E-state index is 13.3. The summed E-state index contributed by atoms with van der Waals surface area (Å²) in [4.78, 5) is 17.3. The Balaban J connectivity index is 1.73. The first-order valence-electron chi connectivity index (χ1n) is 8.86. The smallest absolute Gasteiger partial charge is 0.321 e. The van der Waals surface area contributed by atoms with Gasteiger partial charge in [0.1, 0.15) is 5.65 Å². The molecule has 0 saturated carbocycles. The van der Waals surface area contributed by atoms with E-state index in [-0.39, 0.29) is 0 Å². The highest BCUT2D eigenvalue weighted by atomic mass is 19.4. The zero-order valence-corrected chi connectivity index (χ0v) is 15.4. The first-order valence-corrected chi connectivity index (χ1v) is 8.86. The second kappa shape index (κ2) is 7.09. The number of nitrogens with one attached hydrogen (secondary N) is 1. The molecule has 146 valence electrons. The molecular formula is C22H16F3N3O. The van der Waals surface area contributed by atoms with Crippen molar-refractivity contribution in [2.45, 2.75) is 13.1 Å². The van der Waals surface area contributed by atoms with E-state index in [4.69, 9.17) is 0 Å². The topological polar surface area (TPSA) is 46.4 Å². The van der Waals surface area contributed by atoms with Crippen molar-refractivity contribution in [2.24, 2.45) is 0 Å². The fraction of sp³-hybridized carbons (Fsp3) is 0.0909. The molecule has 0 fully saturated rings. The third-order valence-corrected chi connectivity index (χ3v) is 4.61. The standard InChI is InChI=1S/C22H16F3N3O/c1-14-7-6-12-28-13-19(26-20(14)28)16-9-3-5-11-18(16)27-21(29)15-8-2-4-10-17(15)22(23,24)25/h2-13H,1H3,(H,27,29). The molecule has 0 aliphatic rings. The van der Waals surface area contributed by atoms with Crippen molar-refractivity contribution in [1.29, 1.82) is 0 Å². The molecule has 2 aromatic carbocycles. The molecule has 4 aromatic rings.